The first-order chi connectivity index (χ1) is 12.2. The van der Waals surface area contributed by atoms with E-state index in [-0.39, 0.29) is 24.1 Å². The number of hydrogen-bond acceptors (Lipinski definition) is 3. The number of halogens is 1. The second-order valence-electron chi connectivity index (χ2n) is 7.14. The predicted octanol–water partition coefficient (Wildman–Crippen LogP) is 4.91. The van der Waals surface area contributed by atoms with Gasteiger partial charge in [-0.1, -0.05) is 36.4 Å². The van der Waals surface area contributed by atoms with E-state index < -0.39 is 8.80 Å². The largest absolute Gasteiger partial charge is 0.537 e. The quantitative estimate of drug-likeness (QED) is 0.613. The second kappa shape index (κ2) is 8.91. The Labute approximate surface area is 157 Å². The van der Waals surface area contributed by atoms with E-state index >= 15 is 0 Å². The Morgan fingerprint density at radius 3 is 1.62 bits per heavy atom. The van der Waals surface area contributed by atoms with Crippen molar-refractivity contribution in [2.75, 3.05) is 0 Å². The zero-order valence-corrected chi connectivity index (χ0v) is 17.5. The van der Waals surface area contributed by atoms with Crippen LogP contribution in [0.2, 0.25) is 0 Å². The van der Waals surface area contributed by atoms with E-state index in [1.807, 2.05) is 71.9 Å². The summed E-state index contributed by atoms with van der Waals surface area (Å²) in [4.78, 5) is 0. The van der Waals surface area contributed by atoms with Gasteiger partial charge in [-0.2, -0.15) is 0 Å². The van der Waals surface area contributed by atoms with E-state index in [0.717, 1.165) is 16.3 Å². The van der Waals surface area contributed by atoms with Gasteiger partial charge in [0, 0.05) is 23.5 Å². The van der Waals surface area contributed by atoms with E-state index in [1.54, 1.807) is 6.07 Å². The van der Waals surface area contributed by atoms with Crippen molar-refractivity contribution in [2.24, 2.45) is 0 Å². The maximum atomic E-state index is 13.5. The molecule has 0 unspecified atom stereocenters. The maximum Gasteiger partial charge on any atom is 0.537 e. The Bertz CT molecular complexity index is 672. The van der Waals surface area contributed by atoms with Crippen LogP contribution >= 0.6 is 0 Å². The van der Waals surface area contributed by atoms with Crippen LogP contribution in [0.25, 0.3) is 11.1 Å². The van der Waals surface area contributed by atoms with Gasteiger partial charge in [0.25, 0.3) is 0 Å². The van der Waals surface area contributed by atoms with Gasteiger partial charge in [0.2, 0.25) is 0 Å². The Hall–Kier alpha value is -1.53. The average Bonchev–Trinajstić information content (AvgIpc) is 2.53. The fourth-order valence-electron chi connectivity index (χ4n) is 2.75. The molecule has 0 spiro atoms. The third-order valence-corrected chi connectivity index (χ3v) is 6.95. The summed E-state index contributed by atoms with van der Waals surface area (Å²) in [6, 6.07) is 14.4. The molecular formula is C21H29FO3Si. The molecule has 0 radical (unpaired) electrons. The lowest BCUT2D eigenvalue weighted by Crippen LogP contribution is -2.60. The van der Waals surface area contributed by atoms with Gasteiger partial charge < -0.3 is 13.3 Å². The van der Waals surface area contributed by atoms with Crippen molar-refractivity contribution in [1.29, 1.82) is 0 Å². The van der Waals surface area contributed by atoms with Crippen LogP contribution in [0, 0.1) is 5.82 Å². The second-order valence-corrected chi connectivity index (χ2v) is 9.54. The third-order valence-electron chi connectivity index (χ3n) is 3.57. The molecule has 5 heteroatoms. The molecule has 2 aromatic rings. The summed E-state index contributed by atoms with van der Waals surface area (Å²) in [5.41, 5.74) is 1.78. The van der Waals surface area contributed by atoms with E-state index in [4.69, 9.17) is 13.3 Å². The lowest BCUT2D eigenvalue weighted by atomic mass is 10.1. The van der Waals surface area contributed by atoms with Crippen LogP contribution in [0.3, 0.4) is 0 Å². The van der Waals surface area contributed by atoms with Gasteiger partial charge in [-0.05, 0) is 64.8 Å². The Morgan fingerprint density at radius 1 is 0.692 bits per heavy atom. The monoisotopic (exact) mass is 376 g/mol. The maximum absolute atomic E-state index is 13.5. The van der Waals surface area contributed by atoms with Gasteiger partial charge in [-0.15, -0.1) is 0 Å². The SMILES string of the molecule is CC(C)O[Si](OC(C)C)(OC(C)C)c1ccc(-c2cccc(F)c2)cc1. The van der Waals surface area contributed by atoms with Crippen molar-refractivity contribution in [1.82, 2.24) is 0 Å². The highest BCUT2D eigenvalue weighted by atomic mass is 28.4. The van der Waals surface area contributed by atoms with E-state index in [9.17, 15) is 4.39 Å². The zero-order chi connectivity index (χ0) is 19.3. The summed E-state index contributed by atoms with van der Waals surface area (Å²) in [7, 11) is -3.07. The van der Waals surface area contributed by atoms with Crippen LogP contribution in [0.5, 0.6) is 0 Å². The minimum absolute atomic E-state index is 0.0259. The van der Waals surface area contributed by atoms with E-state index in [2.05, 4.69) is 0 Å². The van der Waals surface area contributed by atoms with Crippen molar-refractivity contribution < 1.29 is 17.7 Å². The highest BCUT2D eigenvalue weighted by molar-refractivity contribution is 6.75. The molecule has 0 heterocycles. The number of hydrogen-bond donors (Lipinski definition) is 0. The molecule has 0 fully saturated rings. The van der Waals surface area contributed by atoms with Gasteiger partial charge in [0.1, 0.15) is 5.82 Å². The lowest BCUT2D eigenvalue weighted by molar-refractivity contribution is 0.0153. The summed E-state index contributed by atoms with van der Waals surface area (Å²) in [6.07, 6.45) is -0.0776. The molecule has 0 saturated carbocycles. The van der Waals surface area contributed by atoms with Gasteiger partial charge in [-0.3, -0.25) is 0 Å². The van der Waals surface area contributed by atoms with Gasteiger partial charge in [0.05, 0.1) is 0 Å². The molecule has 0 aliphatic rings. The third kappa shape index (κ3) is 5.48. The van der Waals surface area contributed by atoms with Crippen molar-refractivity contribution in [3.63, 3.8) is 0 Å². The molecule has 0 aliphatic carbocycles. The first-order valence-corrected chi connectivity index (χ1v) is 10.8. The molecule has 0 saturated heterocycles. The Kier molecular flexibility index (Phi) is 7.12. The van der Waals surface area contributed by atoms with Gasteiger partial charge in [0.15, 0.2) is 0 Å². The predicted molar refractivity (Wildman–Crippen MR) is 106 cm³/mol. The molecule has 3 nitrogen and oxygen atoms in total. The molecule has 0 amide bonds. The minimum Gasteiger partial charge on any atom is -0.367 e. The van der Waals surface area contributed by atoms with Crippen LogP contribution in [0.4, 0.5) is 4.39 Å². The van der Waals surface area contributed by atoms with Crippen LogP contribution in [0.15, 0.2) is 48.5 Å². The summed E-state index contributed by atoms with van der Waals surface area (Å²) in [6.45, 7) is 11.9. The highest BCUT2D eigenvalue weighted by Crippen LogP contribution is 2.22. The molecule has 2 rings (SSSR count). The van der Waals surface area contributed by atoms with Crippen molar-refractivity contribution in [2.45, 2.75) is 59.9 Å². The first-order valence-electron chi connectivity index (χ1n) is 9.12. The minimum atomic E-state index is -3.07. The molecule has 2 aromatic carbocycles. The summed E-state index contributed by atoms with van der Waals surface area (Å²) >= 11 is 0. The van der Waals surface area contributed by atoms with Crippen molar-refractivity contribution in [3.05, 3.63) is 54.3 Å². The molecule has 142 valence electrons. The van der Waals surface area contributed by atoms with Crippen molar-refractivity contribution >= 4 is 14.0 Å². The Balaban J connectivity index is 2.43. The molecule has 0 aromatic heterocycles. The van der Waals surface area contributed by atoms with Crippen LogP contribution < -0.4 is 5.19 Å². The molecule has 0 atom stereocenters. The molecule has 26 heavy (non-hydrogen) atoms. The molecular weight excluding hydrogens is 347 g/mol. The van der Waals surface area contributed by atoms with Gasteiger partial charge >= 0.3 is 8.80 Å². The number of rotatable bonds is 8. The summed E-state index contributed by atoms with van der Waals surface area (Å²) < 4.78 is 32.2. The van der Waals surface area contributed by atoms with Crippen LogP contribution in [-0.4, -0.2) is 27.1 Å². The lowest BCUT2D eigenvalue weighted by Gasteiger charge is -2.34. The molecule has 0 aliphatic heterocycles. The fraction of sp³-hybridized carbons (Fsp3) is 0.429. The average molecular weight is 377 g/mol. The van der Waals surface area contributed by atoms with E-state index in [0.29, 0.717) is 0 Å². The van der Waals surface area contributed by atoms with Crippen LogP contribution in [0.1, 0.15) is 41.5 Å². The normalized spacial score (nSPS) is 12.4. The highest BCUT2D eigenvalue weighted by Gasteiger charge is 2.46. The standard InChI is InChI=1S/C21H29FO3Si/c1-15(2)23-26(24-16(3)4,25-17(5)6)21-12-10-18(11-13-21)19-8-7-9-20(22)14-19/h7-17H,1-6H3. The summed E-state index contributed by atoms with van der Waals surface area (Å²) in [5, 5.41) is 0.911. The number of benzene rings is 2. The van der Waals surface area contributed by atoms with E-state index in [1.165, 1.54) is 12.1 Å². The topological polar surface area (TPSA) is 27.7 Å². The van der Waals surface area contributed by atoms with Gasteiger partial charge in [-0.25, -0.2) is 4.39 Å². The fourth-order valence-corrected chi connectivity index (χ4v) is 5.76. The van der Waals surface area contributed by atoms with Crippen LogP contribution in [-0.2, 0) is 13.3 Å². The molecule has 0 bridgehead atoms. The van der Waals surface area contributed by atoms with Crippen molar-refractivity contribution in [3.8, 4) is 11.1 Å². The smallest absolute Gasteiger partial charge is 0.367 e. The summed E-state index contributed by atoms with van der Waals surface area (Å²) in [5.74, 6) is -0.246. The first kappa shape index (κ1) is 20.8. The Morgan fingerprint density at radius 2 is 1.19 bits per heavy atom. The molecule has 0 N–H and O–H groups in total. The zero-order valence-electron chi connectivity index (χ0n) is 16.5.